The normalized spacial score (nSPS) is 11.9. The maximum atomic E-state index is 12.6. The van der Waals surface area contributed by atoms with Gasteiger partial charge in [-0.2, -0.15) is 0 Å². The van der Waals surface area contributed by atoms with Crippen LogP contribution in [0.5, 0.6) is 0 Å². The number of carboxylic acid groups (broad SMARTS) is 2. The van der Waals surface area contributed by atoms with Gasteiger partial charge in [-0.05, 0) is 24.3 Å². The van der Waals surface area contributed by atoms with Crippen LogP contribution in [0.3, 0.4) is 0 Å². The summed E-state index contributed by atoms with van der Waals surface area (Å²) in [6.07, 6.45) is 36.2. The van der Waals surface area contributed by atoms with E-state index in [2.05, 4.69) is 27.7 Å². The molecule has 0 unspecified atom stereocenters. The van der Waals surface area contributed by atoms with Crippen LogP contribution < -0.4 is 0 Å². The maximum Gasteiger partial charge on any atom is 0.337 e. The molecule has 0 spiro atoms. The van der Waals surface area contributed by atoms with Crippen LogP contribution in [-0.2, 0) is 9.84 Å². The molecule has 0 fully saturated rings. The predicted octanol–water partition coefficient (Wildman–Crippen LogP) is 12.5. The average molecular weight is 735 g/mol. The van der Waals surface area contributed by atoms with E-state index < -0.39 is 50.0 Å². The number of hydrogen-bond donors (Lipinski definition) is 2. The second kappa shape index (κ2) is 27.4. The van der Waals surface area contributed by atoms with Gasteiger partial charge in [0.2, 0.25) is 9.84 Å². The van der Waals surface area contributed by atoms with Gasteiger partial charge in [-0.15, -0.1) is 0 Å². The summed E-state index contributed by atoms with van der Waals surface area (Å²) in [6, 6.07) is 10.1. The number of carbonyl (C=O) groups is 2. The third-order valence-electron chi connectivity index (χ3n) is 10.1. The quantitative estimate of drug-likeness (QED) is 0.0665. The zero-order valence-corrected chi connectivity index (χ0v) is 33.8. The first-order valence-electron chi connectivity index (χ1n) is 20.0. The van der Waals surface area contributed by atoms with Crippen LogP contribution in [0.15, 0.2) is 58.3 Å². The van der Waals surface area contributed by atoms with Gasteiger partial charge in [0.05, 0.1) is 20.9 Å². The van der Waals surface area contributed by atoms with Crippen molar-refractivity contribution in [1.29, 1.82) is 0 Å². The van der Waals surface area contributed by atoms with Crippen molar-refractivity contribution in [2.45, 2.75) is 166 Å². The Morgan fingerprint density at radius 3 is 1.06 bits per heavy atom. The van der Waals surface area contributed by atoms with Crippen molar-refractivity contribution in [3.8, 4) is 0 Å². The fourth-order valence-corrected chi connectivity index (χ4v) is 14.4. The number of benzene rings is 2. The van der Waals surface area contributed by atoms with Crippen LogP contribution in [0, 0.1) is 0 Å². The van der Waals surface area contributed by atoms with Crippen molar-refractivity contribution in [3.63, 3.8) is 0 Å². The van der Waals surface area contributed by atoms with E-state index in [-0.39, 0.29) is 0 Å². The number of aromatic carboxylic acids is 2. The van der Waals surface area contributed by atoms with E-state index in [0.717, 1.165) is 24.3 Å². The van der Waals surface area contributed by atoms with Gasteiger partial charge >= 0.3 is 174 Å². The Morgan fingerprint density at radius 1 is 0.460 bits per heavy atom. The molecule has 0 saturated carbocycles. The van der Waals surface area contributed by atoms with Gasteiger partial charge in [0.25, 0.3) is 0 Å². The second-order valence-electron chi connectivity index (χ2n) is 14.3. The summed E-state index contributed by atoms with van der Waals surface area (Å²) in [4.78, 5) is 21.4. The van der Waals surface area contributed by atoms with E-state index in [0.29, 0.717) is 0 Å². The number of sulfone groups is 1. The minimum absolute atomic E-state index is 0.405. The van der Waals surface area contributed by atoms with Crippen LogP contribution >= 0.6 is 7.26 Å². The van der Waals surface area contributed by atoms with Crippen molar-refractivity contribution in [2.75, 3.05) is 24.6 Å². The Labute approximate surface area is 306 Å². The molecule has 2 rings (SSSR count). The Balaban J connectivity index is 0.000000523. The molecule has 8 heteroatoms. The number of unbranched alkanes of at least 4 members (excludes halogenated alkanes) is 16. The molecule has 2 aromatic rings. The topological polar surface area (TPSA) is 109 Å². The standard InChI is InChI=1S/C28H61P.C14H10O6S/c1-5-9-13-14-15-16-17-18-19-20-21-22-23-24-28-29(25-10-6-2,26-11-7-3)27-12-8-4;15-13(16)9-5-1-3-7-11(9)21(19,20)12-8-4-2-6-10(12)14(17)18/h29H,5-28H2,1-4H3;1-8H,(H,15,16)(H,17,18). The summed E-state index contributed by atoms with van der Waals surface area (Å²) in [7, 11) is -5.21. The number of carboxylic acids is 2. The van der Waals surface area contributed by atoms with Gasteiger partial charge in [-0.3, -0.25) is 0 Å². The van der Waals surface area contributed by atoms with E-state index in [1.807, 2.05) is 0 Å². The zero-order chi connectivity index (χ0) is 37.1. The molecule has 0 aromatic heterocycles. The van der Waals surface area contributed by atoms with Crippen molar-refractivity contribution in [2.24, 2.45) is 0 Å². The SMILES string of the molecule is CCCCCCCCCCCCCCCC[PH](CCCC)(CCCC)CCCC.O=C(O)c1ccccc1S(=O)(=O)c1ccccc1C(=O)O. The summed E-state index contributed by atoms with van der Waals surface area (Å²) < 4.78 is 25.1. The molecular weight excluding hydrogens is 663 g/mol. The first-order valence-corrected chi connectivity index (χ1v) is 24.3. The first kappa shape index (κ1) is 45.8. The van der Waals surface area contributed by atoms with Crippen molar-refractivity contribution in [3.05, 3.63) is 59.7 Å². The van der Waals surface area contributed by atoms with Crippen molar-refractivity contribution >= 4 is 29.0 Å². The zero-order valence-electron chi connectivity index (χ0n) is 32.0. The van der Waals surface area contributed by atoms with Crippen molar-refractivity contribution in [1.82, 2.24) is 0 Å². The van der Waals surface area contributed by atoms with Gasteiger partial charge in [0.15, 0.2) is 0 Å². The van der Waals surface area contributed by atoms with Gasteiger partial charge in [0.1, 0.15) is 0 Å². The number of hydrogen-bond acceptors (Lipinski definition) is 4. The maximum absolute atomic E-state index is 12.6. The molecule has 0 radical (unpaired) electrons. The Bertz CT molecular complexity index is 1220. The van der Waals surface area contributed by atoms with E-state index in [4.69, 9.17) is 10.2 Å². The molecule has 286 valence electrons. The molecule has 0 aliphatic rings. The van der Waals surface area contributed by atoms with E-state index >= 15 is 0 Å². The van der Waals surface area contributed by atoms with Gasteiger partial charge in [-0.25, -0.2) is 18.0 Å². The van der Waals surface area contributed by atoms with Crippen LogP contribution in [0.2, 0.25) is 0 Å². The average Bonchev–Trinajstić information content (AvgIpc) is 3.12. The van der Waals surface area contributed by atoms with E-state index in [1.54, 1.807) is 31.1 Å². The Hall–Kier alpha value is -2.24. The molecule has 0 heterocycles. The summed E-state index contributed by atoms with van der Waals surface area (Å²) in [5, 5.41) is 18.1. The fraction of sp³-hybridized carbons (Fsp3) is 0.667. The third kappa shape index (κ3) is 17.8. The first-order chi connectivity index (χ1) is 24.1. The summed E-state index contributed by atoms with van der Waals surface area (Å²) in [5.41, 5.74) is -0.810. The minimum Gasteiger partial charge on any atom is -0.478 e. The van der Waals surface area contributed by atoms with Crippen LogP contribution in [-0.4, -0.2) is 55.2 Å². The molecule has 0 amide bonds. The fourth-order valence-electron chi connectivity index (χ4n) is 6.97. The Kier molecular flexibility index (Phi) is 25.1. The molecule has 2 N–H and O–H groups in total. The number of rotatable bonds is 28. The largest absolute Gasteiger partial charge is 0.478 e. The summed E-state index contributed by atoms with van der Waals surface area (Å²) in [5.74, 6) is -2.80. The summed E-state index contributed by atoms with van der Waals surface area (Å²) >= 11 is 0. The monoisotopic (exact) mass is 734 g/mol. The van der Waals surface area contributed by atoms with Crippen LogP contribution in [0.4, 0.5) is 0 Å². The molecule has 2 aromatic carbocycles. The Morgan fingerprint density at radius 2 is 0.740 bits per heavy atom. The molecule has 0 aliphatic carbocycles. The predicted molar refractivity (Wildman–Crippen MR) is 215 cm³/mol. The molecule has 0 saturated heterocycles. The molecular formula is C42H71O6PS. The minimum atomic E-state index is -4.25. The molecule has 0 bridgehead atoms. The smallest absolute Gasteiger partial charge is 0.337 e. The third-order valence-corrected chi connectivity index (χ3v) is 17.6. The van der Waals surface area contributed by atoms with Gasteiger partial charge in [0, 0.05) is 0 Å². The molecule has 0 aliphatic heterocycles. The molecule has 0 atom stereocenters. The van der Waals surface area contributed by atoms with Crippen molar-refractivity contribution < 1.29 is 28.2 Å². The molecule has 6 nitrogen and oxygen atoms in total. The van der Waals surface area contributed by atoms with E-state index in [9.17, 15) is 18.0 Å². The van der Waals surface area contributed by atoms with E-state index in [1.165, 1.54) is 146 Å². The summed E-state index contributed by atoms with van der Waals surface area (Å²) in [6.45, 7) is 9.49. The van der Waals surface area contributed by atoms with Crippen LogP contribution in [0.1, 0.15) is 177 Å². The van der Waals surface area contributed by atoms with Gasteiger partial charge < -0.3 is 10.2 Å². The van der Waals surface area contributed by atoms with Crippen LogP contribution in [0.25, 0.3) is 0 Å². The van der Waals surface area contributed by atoms with Gasteiger partial charge in [-0.1, -0.05) is 50.5 Å². The second-order valence-corrected chi connectivity index (χ2v) is 21.1. The molecule has 50 heavy (non-hydrogen) atoms.